The van der Waals surface area contributed by atoms with Crippen LogP contribution in [0.4, 0.5) is 0 Å². The number of Topliss-reactive ketones (excluding diaryl/α,β-unsaturated/α-hetero) is 1. The number of rotatable bonds is 6. The largest absolute Gasteiger partial charge is 0.545 e. The van der Waals surface area contributed by atoms with Gasteiger partial charge >= 0.3 is 0 Å². The number of likely N-dealkylation sites (tertiary alicyclic amines) is 1. The SMILES string of the molecule is CCOc1cc(C(=O)N2CCC3(CC2)CC(=O)c2cc(-c4cccc(C(=O)[O-])c4)ccc2O3)cc2c1ccn2C1CC1. The molecule has 3 aliphatic rings. The van der Waals surface area contributed by atoms with E-state index < -0.39 is 11.6 Å². The van der Waals surface area contributed by atoms with Gasteiger partial charge in [-0.3, -0.25) is 9.59 Å². The summed E-state index contributed by atoms with van der Waals surface area (Å²) in [6.45, 7) is 3.44. The van der Waals surface area contributed by atoms with E-state index >= 15 is 0 Å². The number of hydrogen-bond acceptors (Lipinski definition) is 6. The van der Waals surface area contributed by atoms with Gasteiger partial charge in [0.25, 0.3) is 5.91 Å². The van der Waals surface area contributed by atoms with Gasteiger partial charge in [-0.25, -0.2) is 0 Å². The molecule has 1 spiro atoms. The topological polar surface area (TPSA) is 101 Å². The molecule has 3 heterocycles. The zero-order valence-corrected chi connectivity index (χ0v) is 23.4. The maximum absolute atomic E-state index is 13.7. The number of hydrogen-bond donors (Lipinski definition) is 0. The minimum Gasteiger partial charge on any atom is -0.545 e. The summed E-state index contributed by atoms with van der Waals surface area (Å²) in [6.07, 6.45) is 5.74. The molecular formula is C34H31N2O6-. The third kappa shape index (κ3) is 4.61. The average molecular weight is 564 g/mol. The van der Waals surface area contributed by atoms with Crippen molar-refractivity contribution in [3.8, 4) is 22.6 Å². The molecule has 1 saturated heterocycles. The number of ether oxygens (including phenoxy) is 2. The summed E-state index contributed by atoms with van der Waals surface area (Å²) in [7, 11) is 0. The Morgan fingerprint density at radius 3 is 2.52 bits per heavy atom. The van der Waals surface area contributed by atoms with Crippen molar-refractivity contribution in [3.63, 3.8) is 0 Å². The highest BCUT2D eigenvalue weighted by Gasteiger charge is 2.44. The molecule has 7 rings (SSSR count). The summed E-state index contributed by atoms with van der Waals surface area (Å²) >= 11 is 0. The molecule has 0 atom stereocenters. The maximum atomic E-state index is 13.7. The van der Waals surface area contributed by atoms with Crippen LogP contribution in [-0.2, 0) is 0 Å². The third-order valence-electron chi connectivity index (χ3n) is 8.77. The number of nitrogens with zero attached hydrogens (tertiary/aromatic N) is 2. The average Bonchev–Trinajstić information content (AvgIpc) is 3.75. The molecule has 1 amide bonds. The zero-order valence-electron chi connectivity index (χ0n) is 23.4. The Hall–Kier alpha value is -4.59. The molecule has 42 heavy (non-hydrogen) atoms. The van der Waals surface area contributed by atoms with Gasteiger partial charge in [-0.2, -0.15) is 0 Å². The maximum Gasteiger partial charge on any atom is 0.254 e. The second-order valence-corrected chi connectivity index (χ2v) is 11.6. The first-order valence-electron chi connectivity index (χ1n) is 14.6. The molecule has 214 valence electrons. The summed E-state index contributed by atoms with van der Waals surface area (Å²) in [6, 6.07) is 18.3. The van der Waals surface area contributed by atoms with Crippen LogP contribution in [-0.4, -0.2) is 52.4 Å². The number of carboxylic acids is 1. The number of fused-ring (bicyclic) bond motifs is 2. The van der Waals surface area contributed by atoms with Crippen LogP contribution in [0.25, 0.3) is 22.0 Å². The molecule has 2 fully saturated rings. The van der Waals surface area contributed by atoms with E-state index in [0.717, 1.165) is 35.1 Å². The highest BCUT2D eigenvalue weighted by molar-refractivity contribution is 6.02. The predicted molar refractivity (Wildman–Crippen MR) is 155 cm³/mol. The van der Waals surface area contributed by atoms with E-state index in [1.54, 1.807) is 24.3 Å². The van der Waals surface area contributed by atoms with Gasteiger partial charge in [0.05, 0.1) is 30.1 Å². The number of amides is 1. The smallest absolute Gasteiger partial charge is 0.254 e. The summed E-state index contributed by atoms with van der Waals surface area (Å²) < 4.78 is 14.7. The van der Waals surface area contributed by atoms with E-state index in [-0.39, 0.29) is 23.7 Å². The first-order chi connectivity index (χ1) is 20.3. The van der Waals surface area contributed by atoms with Crippen molar-refractivity contribution < 1.29 is 29.0 Å². The molecule has 8 nitrogen and oxygen atoms in total. The Morgan fingerprint density at radius 1 is 1.00 bits per heavy atom. The Bertz CT molecular complexity index is 1740. The quantitative estimate of drug-likeness (QED) is 0.326. The molecule has 0 radical (unpaired) electrons. The number of ketones is 1. The van der Waals surface area contributed by atoms with Crippen molar-refractivity contribution in [1.82, 2.24) is 9.47 Å². The molecule has 1 aliphatic carbocycles. The van der Waals surface area contributed by atoms with Crippen molar-refractivity contribution in [1.29, 1.82) is 0 Å². The second-order valence-electron chi connectivity index (χ2n) is 11.6. The van der Waals surface area contributed by atoms with E-state index in [0.29, 0.717) is 61.0 Å². The van der Waals surface area contributed by atoms with Gasteiger partial charge in [0.15, 0.2) is 5.78 Å². The van der Waals surface area contributed by atoms with Crippen LogP contribution in [0.15, 0.2) is 66.9 Å². The number of aromatic carboxylic acids is 1. The lowest BCUT2D eigenvalue weighted by Gasteiger charge is -2.44. The standard InChI is InChI=1S/C34H32N2O6/c1-2-41-31-19-24(18-28-26(31)10-13-36(28)25-7-8-25)32(38)35-14-11-34(12-15-35)20-29(37)27-17-22(6-9-30(27)42-34)21-4-3-5-23(16-21)33(39)40/h3-6,9-10,13,16-19,25H,2,7-8,11-12,14-15,20H2,1H3,(H,39,40)/p-1. The lowest BCUT2D eigenvalue weighted by molar-refractivity contribution is -0.255. The summed E-state index contributed by atoms with van der Waals surface area (Å²) in [5, 5.41) is 12.3. The van der Waals surface area contributed by atoms with Crippen LogP contribution in [0, 0.1) is 0 Å². The van der Waals surface area contributed by atoms with E-state index in [1.807, 2.05) is 30.0 Å². The van der Waals surface area contributed by atoms with Gasteiger partial charge in [-0.15, -0.1) is 0 Å². The molecule has 1 aromatic heterocycles. The highest BCUT2D eigenvalue weighted by atomic mass is 16.5. The van der Waals surface area contributed by atoms with Crippen LogP contribution in [0.3, 0.4) is 0 Å². The fourth-order valence-corrected chi connectivity index (χ4v) is 6.38. The van der Waals surface area contributed by atoms with E-state index in [1.165, 1.54) is 12.1 Å². The molecule has 4 aromatic rings. The number of carbonyl (C=O) groups excluding carboxylic acids is 3. The van der Waals surface area contributed by atoms with Crippen molar-refractivity contribution in [2.75, 3.05) is 19.7 Å². The van der Waals surface area contributed by atoms with Crippen LogP contribution in [0.2, 0.25) is 0 Å². The summed E-state index contributed by atoms with van der Waals surface area (Å²) in [4.78, 5) is 40.2. The lowest BCUT2D eigenvalue weighted by Crippen LogP contribution is -2.52. The van der Waals surface area contributed by atoms with Crippen molar-refractivity contribution in [3.05, 3.63) is 83.6 Å². The Kier molecular flexibility index (Phi) is 6.30. The summed E-state index contributed by atoms with van der Waals surface area (Å²) in [5.41, 5.74) is 2.99. The van der Waals surface area contributed by atoms with Crippen LogP contribution >= 0.6 is 0 Å². The number of benzene rings is 3. The van der Waals surface area contributed by atoms with Gasteiger partial charge in [-0.05, 0) is 72.9 Å². The molecule has 3 aromatic carbocycles. The third-order valence-corrected chi connectivity index (χ3v) is 8.77. The predicted octanol–water partition coefficient (Wildman–Crippen LogP) is 5.05. The number of carbonyl (C=O) groups is 3. The van der Waals surface area contributed by atoms with Gasteiger partial charge in [0, 0.05) is 49.1 Å². The normalized spacial score (nSPS) is 17.6. The monoisotopic (exact) mass is 563 g/mol. The van der Waals surface area contributed by atoms with E-state index in [9.17, 15) is 19.5 Å². The lowest BCUT2D eigenvalue weighted by atomic mass is 9.82. The molecule has 0 N–H and O–H groups in total. The van der Waals surface area contributed by atoms with Crippen molar-refractivity contribution in [2.45, 2.75) is 50.7 Å². The van der Waals surface area contributed by atoms with Crippen LogP contribution in [0.1, 0.15) is 76.1 Å². The Balaban J connectivity index is 1.09. The Morgan fingerprint density at radius 2 is 1.79 bits per heavy atom. The van der Waals surface area contributed by atoms with E-state index in [4.69, 9.17) is 9.47 Å². The molecule has 1 saturated carbocycles. The number of aromatic nitrogens is 1. The fourth-order valence-electron chi connectivity index (χ4n) is 6.38. The van der Waals surface area contributed by atoms with Crippen LogP contribution < -0.4 is 14.6 Å². The summed E-state index contributed by atoms with van der Waals surface area (Å²) in [5.74, 6) is -0.0406. The van der Waals surface area contributed by atoms with Crippen LogP contribution in [0.5, 0.6) is 11.5 Å². The zero-order chi connectivity index (χ0) is 29.0. The number of carboxylic acid groups (broad SMARTS) is 1. The number of piperidine rings is 1. The van der Waals surface area contributed by atoms with Gasteiger partial charge in [0.2, 0.25) is 0 Å². The second kappa shape index (κ2) is 10.0. The highest BCUT2D eigenvalue weighted by Crippen LogP contribution is 2.42. The van der Waals surface area contributed by atoms with Gasteiger partial charge in [-0.1, -0.05) is 24.3 Å². The Labute approximate surface area is 243 Å². The minimum atomic E-state index is -1.25. The fraction of sp³-hybridized carbons (Fsp3) is 0.324. The first kappa shape index (κ1) is 26.3. The molecule has 8 heteroatoms. The first-order valence-corrected chi connectivity index (χ1v) is 14.6. The van der Waals surface area contributed by atoms with Crippen molar-refractivity contribution in [2.24, 2.45) is 0 Å². The van der Waals surface area contributed by atoms with E-state index in [2.05, 4.69) is 16.8 Å². The van der Waals surface area contributed by atoms with Gasteiger partial charge < -0.3 is 28.8 Å². The van der Waals surface area contributed by atoms with Gasteiger partial charge in [0.1, 0.15) is 17.1 Å². The molecule has 2 aliphatic heterocycles. The molecule has 0 unspecified atom stereocenters. The van der Waals surface area contributed by atoms with Crippen molar-refractivity contribution >= 4 is 28.6 Å². The minimum absolute atomic E-state index is 0.0124. The molecular weight excluding hydrogens is 532 g/mol. The molecule has 0 bridgehead atoms.